The normalized spacial score (nSPS) is 12.7. The van der Waals surface area contributed by atoms with Gasteiger partial charge in [-0.15, -0.1) is 0 Å². The van der Waals surface area contributed by atoms with Crippen LogP contribution in [-0.4, -0.2) is 19.9 Å². The molecule has 0 saturated heterocycles. The SMILES string of the molecule is COC(CN)NC(c1ccccc1)(c1ccccc1)c1ccccc1. The number of rotatable bonds is 7. The number of ether oxygens (including phenoxy) is 1. The molecule has 0 saturated carbocycles. The number of methoxy groups -OCH3 is 1. The standard InChI is InChI=1S/C22H24N2O/c1-25-21(17-23)24-22(18-11-5-2-6-12-18,19-13-7-3-8-14-19)20-15-9-4-10-16-20/h2-16,21,24H,17,23H2,1H3. The Morgan fingerprint density at radius 3 is 1.40 bits per heavy atom. The average Bonchev–Trinajstić information content (AvgIpc) is 2.71. The number of benzene rings is 3. The quantitative estimate of drug-likeness (QED) is 0.514. The van der Waals surface area contributed by atoms with Crippen LogP contribution in [0.3, 0.4) is 0 Å². The fourth-order valence-corrected chi connectivity index (χ4v) is 3.27. The highest BCUT2D eigenvalue weighted by Gasteiger charge is 2.37. The Hall–Kier alpha value is -2.46. The van der Waals surface area contributed by atoms with Gasteiger partial charge in [-0.05, 0) is 16.7 Å². The summed E-state index contributed by atoms with van der Waals surface area (Å²) in [5.41, 5.74) is 8.81. The maximum atomic E-state index is 5.94. The zero-order chi connectivity index (χ0) is 17.5. The molecule has 0 aliphatic heterocycles. The van der Waals surface area contributed by atoms with Crippen molar-refractivity contribution in [2.75, 3.05) is 13.7 Å². The lowest BCUT2D eigenvalue weighted by Crippen LogP contribution is -2.52. The van der Waals surface area contributed by atoms with Crippen LogP contribution in [-0.2, 0) is 10.3 Å². The molecule has 3 aromatic rings. The lowest BCUT2D eigenvalue weighted by molar-refractivity contribution is 0.0625. The van der Waals surface area contributed by atoms with Crippen LogP contribution >= 0.6 is 0 Å². The molecular weight excluding hydrogens is 308 g/mol. The van der Waals surface area contributed by atoms with Gasteiger partial charge in [0.2, 0.25) is 0 Å². The Kier molecular flexibility index (Phi) is 5.61. The minimum Gasteiger partial charge on any atom is -0.365 e. The largest absolute Gasteiger partial charge is 0.365 e. The summed E-state index contributed by atoms with van der Waals surface area (Å²) in [7, 11) is 1.68. The van der Waals surface area contributed by atoms with Crippen LogP contribution < -0.4 is 11.1 Å². The van der Waals surface area contributed by atoms with Crippen molar-refractivity contribution in [2.45, 2.75) is 11.8 Å². The first-order valence-electron chi connectivity index (χ1n) is 8.48. The van der Waals surface area contributed by atoms with Gasteiger partial charge in [0.15, 0.2) is 0 Å². The number of nitrogens with two attached hydrogens (primary N) is 1. The lowest BCUT2D eigenvalue weighted by atomic mass is 9.77. The molecule has 3 N–H and O–H groups in total. The highest BCUT2D eigenvalue weighted by atomic mass is 16.5. The summed E-state index contributed by atoms with van der Waals surface area (Å²) in [4.78, 5) is 0. The van der Waals surface area contributed by atoms with Crippen LogP contribution in [0.15, 0.2) is 91.0 Å². The van der Waals surface area contributed by atoms with Gasteiger partial charge in [0.05, 0.1) is 5.54 Å². The Labute approximate surface area is 149 Å². The van der Waals surface area contributed by atoms with Crippen LogP contribution in [0, 0.1) is 0 Å². The van der Waals surface area contributed by atoms with E-state index >= 15 is 0 Å². The molecule has 0 fully saturated rings. The summed E-state index contributed by atoms with van der Waals surface area (Å²) < 4.78 is 5.58. The number of hydrogen-bond acceptors (Lipinski definition) is 3. The maximum Gasteiger partial charge on any atom is 0.121 e. The molecule has 1 atom stereocenters. The van der Waals surface area contributed by atoms with Crippen molar-refractivity contribution in [1.29, 1.82) is 0 Å². The molecule has 0 aliphatic carbocycles. The van der Waals surface area contributed by atoms with E-state index in [1.807, 2.05) is 18.2 Å². The summed E-state index contributed by atoms with van der Waals surface area (Å²) in [5.74, 6) is 0. The minimum atomic E-state index is -0.552. The van der Waals surface area contributed by atoms with Crippen molar-refractivity contribution in [2.24, 2.45) is 5.73 Å². The highest BCUT2D eigenvalue weighted by Crippen LogP contribution is 2.37. The summed E-state index contributed by atoms with van der Waals surface area (Å²) in [5, 5.41) is 3.67. The molecule has 25 heavy (non-hydrogen) atoms. The third kappa shape index (κ3) is 3.49. The van der Waals surface area contributed by atoms with Crippen molar-refractivity contribution in [3.63, 3.8) is 0 Å². The predicted octanol–water partition coefficient (Wildman–Crippen LogP) is 3.50. The highest BCUT2D eigenvalue weighted by molar-refractivity contribution is 5.49. The molecule has 0 amide bonds. The fourth-order valence-electron chi connectivity index (χ4n) is 3.27. The molecule has 0 radical (unpaired) electrons. The second-order valence-corrected chi connectivity index (χ2v) is 5.95. The van der Waals surface area contributed by atoms with E-state index in [2.05, 4.69) is 78.1 Å². The first-order valence-corrected chi connectivity index (χ1v) is 8.48. The molecule has 0 aromatic heterocycles. The topological polar surface area (TPSA) is 47.3 Å². The fraction of sp³-hybridized carbons (Fsp3) is 0.182. The van der Waals surface area contributed by atoms with Crippen LogP contribution in [0.1, 0.15) is 16.7 Å². The van der Waals surface area contributed by atoms with Crippen molar-refractivity contribution < 1.29 is 4.74 Å². The molecule has 1 unspecified atom stereocenters. The molecule has 3 nitrogen and oxygen atoms in total. The van der Waals surface area contributed by atoms with Crippen molar-refractivity contribution in [1.82, 2.24) is 5.32 Å². The van der Waals surface area contributed by atoms with Crippen LogP contribution in [0.25, 0.3) is 0 Å². The molecule has 128 valence electrons. The predicted molar refractivity (Wildman–Crippen MR) is 102 cm³/mol. The van der Waals surface area contributed by atoms with Gasteiger partial charge in [0, 0.05) is 13.7 Å². The molecule has 0 spiro atoms. The lowest BCUT2D eigenvalue weighted by Gasteiger charge is -2.39. The first kappa shape index (κ1) is 17.4. The van der Waals surface area contributed by atoms with Gasteiger partial charge in [-0.25, -0.2) is 0 Å². The molecule has 0 bridgehead atoms. The third-order valence-electron chi connectivity index (χ3n) is 4.50. The van der Waals surface area contributed by atoms with E-state index in [9.17, 15) is 0 Å². The molecule has 3 rings (SSSR count). The van der Waals surface area contributed by atoms with E-state index < -0.39 is 5.54 Å². The maximum absolute atomic E-state index is 5.94. The third-order valence-corrected chi connectivity index (χ3v) is 4.50. The zero-order valence-electron chi connectivity index (χ0n) is 14.4. The van der Waals surface area contributed by atoms with Gasteiger partial charge in [0.1, 0.15) is 6.23 Å². The van der Waals surface area contributed by atoms with E-state index in [1.165, 1.54) is 0 Å². The number of hydrogen-bond donors (Lipinski definition) is 2. The summed E-state index contributed by atoms with van der Waals surface area (Å²) in [6, 6.07) is 31.2. The molecule has 0 aliphatic rings. The Morgan fingerprint density at radius 1 is 0.760 bits per heavy atom. The second kappa shape index (κ2) is 8.08. The Morgan fingerprint density at radius 2 is 1.12 bits per heavy atom. The van der Waals surface area contributed by atoms with Crippen molar-refractivity contribution in [3.05, 3.63) is 108 Å². The average molecular weight is 332 g/mol. The van der Waals surface area contributed by atoms with Gasteiger partial charge in [-0.2, -0.15) is 0 Å². The van der Waals surface area contributed by atoms with Crippen LogP contribution in [0.5, 0.6) is 0 Å². The minimum absolute atomic E-state index is 0.277. The zero-order valence-corrected chi connectivity index (χ0v) is 14.4. The van der Waals surface area contributed by atoms with Gasteiger partial charge < -0.3 is 10.5 Å². The summed E-state index contributed by atoms with van der Waals surface area (Å²) >= 11 is 0. The molecule has 3 heteroatoms. The first-order chi connectivity index (χ1) is 12.3. The summed E-state index contributed by atoms with van der Waals surface area (Å²) in [6.07, 6.45) is -0.277. The van der Waals surface area contributed by atoms with Crippen molar-refractivity contribution in [3.8, 4) is 0 Å². The molecule has 3 aromatic carbocycles. The monoisotopic (exact) mass is 332 g/mol. The van der Waals surface area contributed by atoms with Gasteiger partial charge in [0.25, 0.3) is 0 Å². The van der Waals surface area contributed by atoms with Crippen LogP contribution in [0.2, 0.25) is 0 Å². The van der Waals surface area contributed by atoms with E-state index in [-0.39, 0.29) is 6.23 Å². The van der Waals surface area contributed by atoms with E-state index in [0.29, 0.717) is 6.54 Å². The van der Waals surface area contributed by atoms with Gasteiger partial charge in [-0.3, -0.25) is 5.32 Å². The van der Waals surface area contributed by atoms with Crippen molar-refractivity contribution >= 4 is 0 Å². The Bertz CT molecular complexity index is 659. The Balaban J connectivity index is 2.27. The van der Waals surface area contributed by atoms with E-state index in [4.69, 9.17) is 10.5 Å². The van der Waals surface area contributed by atoms with Gasteiger partial charge in [-0.1, -0.05) is 91.0 Å². The van der Waals surface area contributed by atoms with Gasteiger partial charge >= 0.3 is 0 Å². The van der Waals surface area contributed by atoms with Crippen LogP contribution in [0.4, 0.5) is 0 Å². The molecule has 0 heterocycles. The van der Waals surface area contributed by atoms with E-state index in [1.54, 1.807) is 7.11 Å². The number of nitrogens with one attached hydrogen (secondary N) is 1. The second-order valence-electron chi connectivity index (χ2n) is 5.95. The smallest absolute Gasteiger partial charge is 0.121 e. The van der Waals surface area contributed by atoms with E-state index in [0.717, 1.165) is 16.7 Å². The summed E-state index contributed by atoms with van der Waals surface area (Å²) in [6.45, 7) is 0.380. The molecular formula is C22H24N2O.